The first-order chi connectivity index (χ1) is 9.97. The highest BCUT2D eigenvalue weighted by atomic mass is 16.1. The molecule has 3 N–H and O–H groups in total. The molecule has 21 heavy (non-hydrogen) atoms. The van der Waals surface area contributed by atoms with Gasteiger partial charge in [0.15, 0.2) is 0 Å². The Hall–Kier alpha value is -2.13. The smallest absolute Gasteiger partial charge is 0.255 e. The van der Waals surface area contributed by atoms with Gasteiger partial charge in [-0.2, -0.15) is 0 Å². The van der Waals surface area contributed by atoms with Crippen molar-refractivity contribution < 1.29 is 4.79 Å². The van der Waals surface area contributed by atoms with Gasteiger partial charge in [-0.25, -0.2) is 0 Å². The number of amides is 1. The van der Waals surface area contributed by atoms with Crippen LogP contribution in [0.4, 0.5) is 5.69 Å². The van der Waals surface area contributed by atoms with Crippen LogP contribution in [0, 0.1) is 0 Å². The van der Waals surface area contributed by atoms with Gasteiger partial charge in [0.1, 0.15) is 0 Å². The third-order valence-electron chi connectivity index (χ3n) is 3.51. The SMILES string of the molecule is CC(C)c1ccc(C(=O)Nc2cccc(C(C)N)c2)cc1. The Bertz CT molecular complexity index is 615. The summed E-state index contributed by atoms with van der Waals surface area (Å²) in [5.41, 5.74) is 9.51. The van der Waals surface area contributed by atoms with Crippen molar-refractivity contribution in [3.63, 3.8) is 0 Å². The molecule has 1 amide bonds. The molecule has 0 spiro atoms. The number of carbonyl (C=O) groups excluding carboxylic acids is 1. The molecule has 0 bridgehead atoms. The van der Waals surface area contributed by atoms with E-state index in [2.05, 4.69) is 19.2 Å². The van der Waals surface area contributed by atoms with Gasteiger partial charge in [0.05, 0.1) is 0 Å². The number of nitrogens with one attached hydrogen (secondary N) is 1. The lowest BCUT2D eigenvalue weighted by molar-refractivity contribution is 0.102. The van der Waals surface area contributed by atoms with E-state index in [0.717, 1.165) is 11.3 Å². The summed E-state index contributed by atoms with van der Waals surface area (Å²) in [4.78, 5) is 12.2. The molecule has 3 nitrogen and oxygen atoms in total. The van der Waals surface area contributed by atoms with Crippen LogP contribution in [0.3, 0.4) is 0 Å². The summed E-state index contributed by atoms with van der Waals surface area (Å²) in [5.74, 6) is 0.358. The maximum absolute atomic E-state index is 12.2. The van der Waals surface area contributed by atoms with Crippen molar-refractivity contribution in [1.29, 1.82) is 0 Å². The average Bonchev–Trinajstić information content (AvgIpc) is 2.47. The van der Waals surface area contributed by atoms with Crippen LogP contribution in [-0.4, -0.2) is 5.91 Å². The Balaban J connectivity index is 2.12. The summed E-state index contributed by atoms with van der Waals surface area (Å²) in [7, 11) is 0. The van der Waals surface area contributed by atoms with Crippen molar-refractivity contribution in [2.45, 2.75) is 32.7 Å². The van der Waals surface area contributed by atoms with Gasteiger partial charge in [-0.15, -0.1) is 0 Å². The zero-order valence-electron chi connectivity index (χ0n) is 12.8. The molecule has 2 aromatic rings. The lowest BCUT2D eigenvalue weighted by atomic mass is 10.0. The quantitative estimate of drug-likeness (QED) is 0.887. The number of rotatable bonds is 4. The van der Waals surface area contributed by atoms with E-state index >= 15 is 0 Å². The predicted octanol–water partition coefficient (Wildman–Crippen LogP) is 4.08. The second-order valence-electron chi connectivity index (χ2n) is 5.64. The molecule has 0 heterocycles. The molecule has 0 saturated carbocycles. The van der Waals surface area contributed by atoms with Crippen molar-refractivity contribution in [1.82, 2.24) is 0 Å². The first-order valence-corrected chi connectivity index (χ1v) is 7.24. The first-order valence-electron chi connectivity index (χ1n) is 7.24. The second-order valence-corrected chi connectivity index (χ2v) is 5.64. The van der Waals surface area contributed by atoms with Crippen molar-refractivity contribution in [2.75, 3.05) is 5.32 Å². The summed E-state index contributed by atoms with van der Waals surface area (Å²) in [6.45, 7) is 6.19. The lowest BCUT2D eigenvalue weighted by Crippen LogP contribution is -2.13. The second kappa shape index (κ2) is 6.55. The zero-order chi connectivity index (χ0) is 15.4. The Morgan fingerprint density at radius 3 is 2.24 bits per heavy atom. The van der Waals surface area contributed by atoms with Crippen molar-refractivity contribution in [3.8, 4) is 0 Å². The standard InChI is InChI=1S/C18H22N2O/c1-12(2)14-7-9-15(10-8-14)18(21)20-17-6-4-5-16(11-17)13(3)19/h4-13H,19H2,1-3H3,(H,20,21). The molecule has 3 heteroatoms. The fourth-order valence-corrected chi connectivity index (χ4v) is 2.12. The fraction of sp³-hybridized carbons (Fsp3) is 0.278. The lowest BCUT2D eigenvalue weighted by Gasteiger charge is -2.10. The maximum atomic E-state index is 12.2. The Morgan fingerprint density at radius 1 is 1.00 bits per heavy atom. The number of hydrogen-bond acceptors (Lipinski definition) is 2. The van der Waals surface area contributed by atoms with Gasteiger partial charge in [-0.05, 0) is 48.2 Å². The van der Waals surface area contributed by atoms with Gasteiger partial charge in [-0.3, -0.25) is 4.79 Å². The van der Waals surface area contributed by atoms with Crippen molar-refractivity contribution in [2.24, 2.45) is 5.73 Å². The monoisotopic (exact) mass is 282 g/mol. The largest absolute Gasteiger partial charge is 0.324 e. The number of hydrogen-bond donors (Lipinski definition) is 2. The van der Waals surface area contributed by atoms with Crippen molar-refractivity contribution in [3.05, 3.63) is 65.2 Å². The van der Waals surface area contributed by atoms with Crippen LogP contribution in [0.25, 0.3) is 0 Å². The van der Waals surface area contributed by atoms with Crippen LogP contribution >= 0.6 is 0 Å². The van der Waals surface area contributed by atoms with E-state index in [-0.39, 0.29) is 11.9 Å². The van der Waals surface area contributed by atoms with Gasteiger partial charge in [0, 0.05) is 17.3 Å². The molecule has 0 radical (unpaired) electrons. The number of anilines is 1. The first kappa shape index (κ1) is 15.3. The van der Waals surface area contributed by atoms with Crippen molar-refractivity contribution >= 4 is 11.6 Å². The molecule has 110 valence electrons. The van der Waals surface area contributed by atoms with Crippen LogP contribution in [0.15, 0.2) is 48.5 Å². The summed E-state index contributed by atoms with van der Waals surface area (Å²) >= 11 is 0. The molecule has 0 aliphatic carbocycles. The third-order valence-corrected chi connectivity index (χ3v) is 3.51. The van der Waals surface area contributed by atoms with Crippen LogP contribution < -0.4 is 11.1 Å². The summed E-state index contributed by atoms with van der Waals surface area (Å²) in [6, 6.07) is 15.3. The van der Waals surface area contributed by atoms with Gasteiger partial charge < -0.3 is 11.1 Å². The van der Waals surface area contributed by atoms with Gasteiger partial charge >= 0.3 is 0 Å². The molecule has 0 fully saturated rings. The normalized spacial score (nSPS) is 12.2. The third kappa shape index (κ3) is 3.92. The van der Waals surface area contributed by atoms with Crippen LogP contribution in [0.2, 0.25) is 0 Å². The molecular formula is C18H22N2O. The molecule has 0 aromatic heterocycles. The minimum absolute atomic E-state index is 0.0489. The molecule has 2 rings (SSSR count). The minimum Gasteiger partial charge on any atom is -0.324 e. The fourth-order valence-electron chi connectivity index (χ4n) is 2.12. The predicted molar refractivity (Wildman–Crippen MR) is 87.5 cm³/mol. The maximum Gasteiger partial charge on any atom is 0.255 e. The van der Waals surface area contributed by atoms with Crippen LogP contribution in [0.5, 0.6) is 0 Å². The minimum atomic E-state index is -0.105. The topological polar surface area (TPSA) is 55.1 Å². The molecule has 0 aliphatic rings. The van der Waals surface area contributed by atoms with Gasteiger partial charge in [-0.1, -0.05) is 38.1 Å². The summed E-state index contributed by atoms with van der Waals surface area (Å²) < 4.78 is 0. The Labute approximate surface area is 126 Å². The molecule has 1 unspecified atom stereocenters. The summed E-state index contributed by atoms with van der Waals surface area (Å²) in [6.07, 6.45) is 0. The highest BCUT2D eigenvalue weighted by Gasteiger charge is 2.08. The highest BCUT2D eigenvalue weighted by Crippen LogP contribution is 2.18. The van der Waals surface area contributed by atoms with E-state index in [0.29, 0.717) is 11.5 Å². The Kier molecular flexibility index (Phi) is 4.76. The van der Waals surface area contributed by atoms with E-state index in [4.69, 9.17) is 5.73 Å². The van der Waals surface area contributed by atoms with E-state index in [1.54, 1.807) is 0 Å². The van der Waals surface area contributed by atoms with Crippen LogP contribution in [0.1, 0.15) is 54.2 Å². The number of carbonyl (C=O) groups is 1. The molecule has 1 atom stereocenters. The van der Waals surface area contributed by atoms with E-state index in [1.807, 2.05) is 55.5 Å². The van der Waals surface area contributed by atoms with E-state index in [9.17, 15) is 4.79 Å². The highest BCUT2D eigenvalue weighted by molar-refractivity contribution is 6.04. The van der Waals surface area contributed by atoms with Gasteiger partial charge in [0.25, 0.3) is 5.91 Å². The zero-order valence-corrected chi connectivity index (χ0v) is 12.8. The van der Waals surface area contributed by atoms with Gasteiger partial charge in [0.2, 0.25) is 0 Å². The van der Waals surface area contributed by atoms with E-state index in [1.165, 1.54) is 5.56 Å². The van der Waals surface area contributed by atoms with E-state index < -0.39 is 0 Å². The summed E-state index contributed by atoms with van der Waals surface area (Å²) in [5, 5.41) is 2.91. The Morgan fingerprint density at radius 2 is 1.67 bits per heavy atom. The molecule has 0 aliphatic heterocycles. The molecule has 2 aromatic carbocycles. The number of benzene rings is 2. The number of nitrogens with two attached hydrogens (primary N) is 1. The van der Waals surface area contributed by atoms with Crippen LogP contribution in [-0.2, 0) is 0 Å². The average molecular weight is 282 g/mol. The molecule has 0 saturated heterocycles. The molecular weight excluding hydrogens is 260 g/mol.